The van der Waals surface area contributed by atoms with E-state index in [0.29, 0.717) is 6.42 Å². The van der Waals surface area contributed by atoms with Gasteiger partial charge < -0.3 is 20.5 Å². The third kappa shape index (κ3) is 5.78. The van der Waals surface area contributed by atoms with Gasteiger partial charge in [0.05, 0.1) is 46.0 Å². The Morgan fingerprint density at radius 1 is 1.23 bits per heavy atom. The van der Waals surface area contributed by atoms with Crippen molar-refractivity contribution < 1.29 is 24.2 Å². The van der Waals surface area contributed by atoms with Crippen molar-refractivity contribution in [3.63, 3.8) is 0 Å². The number of rotatable bonds is 9. The fourth-order valence-electron chi connectivity index (χ4n) is 4.56. The van der Waals surface area contributed by atoms with Gasteiger partial charge >= 0.3 is 5.97 Å². The summed E-state index contributed by atoms with van der Waals surface area (Å²) in [6, 6.07) is 9.56. The van der Waals surface area contributed by atoms with Gasteiger partial charge in [-0.3, -0.25) is 14.6 Å². The Kier molecular flexibility index (Phi) is 8.73. The SMILES string of the molecule is COc1cc(C#N)ccc1C(=O)C[C@](NC(=O)c1c(Cl)cccc1Cl)(C(=O)O)[C@H]1C=CC([C@H]2C=CN=CC2)=CN1. The Hall–Kier alpha value is -4.39. The molecule has 0 bridgehead atoms. The molecule has 3 atom stereocenters. The third-order valence-corrected chi connectivity index (χ3v) is 7.35. The number of carbonyl (C=O) groups excluding carboxylic acids is 2. The number of carbonyl (C=O) groups is 3. The molecule has 0 unspecified atom stereocenters. The number of aliphatic imine (C=N–C) groups is 1. The third-order valence-electron chi connectivity index (χ3n) is 6.72. The molecule has 0 aliphatic carbocycles. The molecule has 0 aromatic heterocycles. The molecule has 2 aliphatic heterocycles. The first-order valence-electron chi connectivity index (χ1n) is 12.1. The number of Topliss-reactive ketones (excluding diaryl/α,β-unsaturated/α-hetero) is 1. The number of nitriles is 1. The summed E-state index contributed by atoms with van der Waals surface area (Å²) in [7, 11) is 1.33. The number of nitrogens with zero attached hydrogens (tertiary/aromatic N) is 2. The van der Waals surface area contributed by atoms with Gasteiger partial charge in [-0.15, -0.1) is 0 Å². The highest BCUT2D eigenvalue weighted by Gasteiger charge is 2.49. The summed E-state index contributed by atoms with van der Waals surface area (Å²) in [5.41, 5.74) is -1.12. The first-order chi connectivity index (χ1) is 19.2. The Morgan fingerprint density at radius 3 is 2.55 bits per heavy atom. The molecule has 2 heterocycles. The summed E-state index contributed by atoms with van der Waals surface area (Å²) in [5.74, 6) is -2.83. The summed E-state index contributed by atoms with van der Waals surface area (Å²) in [4.78, 5) is 44.2. The van der Waals surface area contributed by atoms with Crippen LogP contribution in [0.25, 0.3) is 0 Å². The van der Waals surface area contributed by atoms with Crippen LogP contribution in [0.1, 0.15) is 39.1 Å². The number of nitrogens with one attached hydrogen (secondary N) is 2. The van der Waals surface area contributed by atoms with Crippen LogP contribution in [0.3, 0.4) is 0 Å². The second-order valence-corrected chi connectivity index (χ2v) is 9.93. The molecular weight excluding hydrogens is 555 g/mol. The molecule has 2 aromatic rings. The molecule has 2 aliphatic rings. The van der Waals surface area contributed by atoms with E-state index in [9.17, 15) is 24.8 Å². The van der Waals surface area contributed by atoms with Gasteiger partial charge in [0.25, 0.3) is 5.91 Å². The first-order valence-corrected chi connectivity index (χ1v) is 12.9. The van der Waals surface area contributed by atoms with Crippen molar-refractivity contribution in [2.45, 2.75) is 24.4 Å². The van der Waals surface area contributed by atoms with Gasteiger partial charge in [0, 0.05) is 31.0 Å². The molecule has 4 rings (SSSR count). The zero-order valence-electron chi connectivity index (χ0n) is 21.2. The lowest BCUT2D eigenvalue weighted by molar-refractivity contribution is -0.145. The Bertz CT molecular complexity index is 1500. The Balaban J connectivity index is 1.74. The van der Waals surface area contributed by atoms with Crippen molar-refractivity contribution in [3.05, 3.63) is 99.3 Å². The minimum absolute atomic E-state index is 0.0180. The van der Waals surface area contributed by atoms with E-state index in [0.717, 1.165) is 5.57 Å². The topological polar surface area (TPSA) is 141 Å². The zero-order chi connectivity index (χ0) is 28.9. The number of dihydropyridines is 1. The fourth-order valence-corrected chi connectivity index (χ4v) is 5.13. The number of ketones is 1. The maximum atomic E-state index is 13.6. The fraction of sp³-hybridized carbons (Fsp3) is 0.207. The molecule has 9 nitrogen and oxygen atoms in total. The Labute approximate surface area is 240 Å². The lowest BCUT2D eigenvalue weighted by Gasteiger charge is -2.38. The van der Waals surface area contributed by atoms with Crippen LogP contribution < -0.4 is 15.4 Å². The van der Waals surface area contributed by atoms with Crippen LogP contribution >= 0.6 is 23.2 Å². The summed E-state index contributed by atoms with van der Waals surface area (Å²) in [6.45, 7) is 0. The molecule has 0 radical (unpaired) electrons. The number of aliphatic carboxylic acids is 1. The van der Waals surface area contributed by atoms with Crippen LogP contribution in [0.2, 0.25) is 10.0 Å². The van der Waals surface area contributed by atoms with Gasteiger partial charge in [0.15, 0.2) is 11.3 Å². The van der Waals surface area contributed by atoms with Crippen molar-refractivity contribution in [1.29, 1.82) is 5.26 Å². The highest BCUT2D eigenvalue weighted by atomic mass is 35.5. The van der Waals surface area contributed by atoms with Crippen LogP contribution in [0.5, 0.6) is 5.75 Å². The monoisotopic (exact) mass is 578 g/mol. The van der Waals surface area contributed by atoms with Gasteiger partial charge in [-0.05, 0) is 42.3 Å². The average molecular weight is 579 g/mol. The van der Waals surface area contributed by atoms with Crippen LogP contribution in [0, 0.1) is 17.2 Å². The number of hydrogen-bond donors (Lipinski definition) is 3. The molecule has 2 aromatic carbocycles. The van der Waals surface area contributed by atoms with Crippen molar-refractivity contribution in [1.82, 2.24) is 10.6 Å². The minimum Gasteiger partial charge on any atom is -0.496 e. The molecule has 11 heteroatoms. The molecule has 40 heavy (non-hydrogen) atoms. The van der Waals surface area contributed by atoms with E-state index in [-0.39, 0.29) is 38.4 Å². The van der Waals surface area contributed by atoms with Gasteiger partial charge in [0.2, 0.25) is 0 Å². The molecule has 204 valence electrons. The quantitative estimate of drug-likeness (QED) is 0.365. The van der Waals surface area contributed by atoms with E-state index in [4.69, 9.17) is 27.9 Å². The van der Waals surface area contributed by atoms with E-state index in [2.05, 4.69) is 15.6 Å². The number of carboxylic acids is 1. The number of benzene rings is 2. The van der Waals surface area contributed by atoms with Crippen molar-refractivity contribution >= 4 is 47.1 Å². The molecular formula is C29H24Cl2N4O5. The smallest absolute Gasteiger partial charge is 0.332 e. The summed E-state index contributed by atoms with van der Waals surface area (Å²) < 4.78 is 5.29. The summed E-state index contributed by atoms with van der Waals surface area (Å²) >= 11 is 12.5. The van der Waals surface area contributed by atoms with Crippen molar-refractivity contribution in [2.24, 2.45) is 10.9 Å². The normalized spacial score (nSPS) is 19.0. The number of halogens is 2. The minimum atomic E-state index is -2.18. The number of hydrogen-bond acceptors (Lipinski definition) is 7. The lowest BCUT2D eigenvalue weighted by atomic mass is 9.80. The van der Waals surface area contributed by atoms with Crippen LogP contribution in [0.15, 0.2) is 77.6 Å². The van der Waals surface area contributed by atoms with Crippen LogP contribution in [0.4, 0.5) is 0 Å². The van der Waals surface area contributed by atoms with E-state index in [1.807, 2.05) is 12.1 Å². The average Bonchev–Trinajstić information content (AvgIpc) is 2.96. The van der Waals surface area contributed by atoms with Gasteiger partial charge in [-0.2, -0.15) is 5.26 Å². The summed E-state index contributed by atoms with van der Waals surface area (Å²) in [5, 5.41) is 25.5. The predicted octanol–water partition coefficient (Wildman–Crippen LogP) is 4.72. The van der Waals surface area contributed by atoms with Crippen molar-refractivity contribution in [3.8, 4) is 11.8 Å². The molecule has 0 fully saturated rings. The van der Waals surface area contributed by atoms with Crippen molar-refractivity contribution in [2.75, 3.05) is 7.11 Å². The van der Waals surface area contributed by atoms with E-state index < -0.39 is 35.7 Å². The highest BCUT2D eigenvalue weighted by Crippen LogP contribution is 2.31. The number of allylic oxidation sites excluding steroid dienone is 3. The van der Waals surface area contributed by atoms with Gasteiger partial charge in [-0.1, -0.05) is 47.5 Å². The number of carboxylic acid groups (broad SMARTS) is 1. The standard InChI is InChI=1S/C29H24Cl2N4O5/c1-40-24-13-17(15-32)5-7-20(24)23(36)14-29(28(38)39,35-27(37)26-21(30)3-2-4-22(26)31)25-8-6-19(16-34-25)18-9-11-33-12-10-18/h2-9,11-13,16,18,25,34H,10,14H2,1H3,(H,35,37)(H,38,39)/t18-,25+,29+/m0/s1. The lowest BCUT2D eigenvalue weighted by Crippen LogP contribution is -2.66. The highest BCUT2D eigenvalue weighted by molar-refractivity contribution is 6.39. The predicted molar refractivity (Wildman–Crippen MR) is 151 cm³/mol. The maximum absolute atomic E-state index is 13.6. The van der Waals surface area contributed by atoms with E-state index in [1.54, 1.807) is 36.8 Å². The largest absolute Gasteiger partial charge is 0.496 e. The Morgan fingerprint density at radius 2 is 1.98 bits per heavy atom. The number of methoxy groups -OCH3 is 1. The van der Waals surface area contributed by atoms with Crippen LogP contribution in [-0.4, -0.2) is 47.7 Å². The second-order valence-electron chi connectivity index (χ2n) is 9.12. The first kappa shape index (κ1) is 28.6. The molecule has 3 N–H and O–H groups in total. The second kappa shape index (κ2) is 12.2. The van der Waals surface area contributed by atoms with Gasteiger partial charge in [0.1, 0.15) is 5.75 Å². The number of ether oxygens (including phenoxy) is 1. The number of amides is 1. The van der Waals surface area contributed by atoms with Gasteiger partial charge in [-0.25, -0.2) is 4.79 Å². The zero-order valence-corrected chi connectivity index (χ0v) is 22.7. The molecule has 0 saturated carbocycles. The molecule has 0 spiro atoms. The maximum Gasteiger partial charge on any atom is 0.332 e. The van der Waals surface area contributed by atoms with Crippen LogP contribution in [-0.2, 0) is 4.79 Å². The van der Waals surface area contributed by atoms with E-state index >= 15 is 0 Å². The molecule has 1 amide bonds. The summed E-state index contributed by atoms with van der Waals surface area (Å²) in [6.07, 6.45) is 10.4. The molecule has 0 saturated heterocycles. The van der Waals surface area contributed by atoms with E-state index in [1.165, 1.54) is 37.4 Å².